The molecule has 214 valence electrons. The van der Waals surface area contributed by atoms with Crippen molar-refractivity contribution in [1.29, 1.82) is 0 Å². The number of aromatic amines is 1. The fraction of sp³-hybridized carbons (Fsp3) is 0.188. The molecule has 0 amide bonds. The number of aromatic nitrogens is 3. The molecule has 0 unspecified atom stereocenters. The first-order valence-electron chi connectivity index (χ1n) is 13.3. The number of nitrogens with two attached hydrogens (primary N) is 1. The molecule has 0 atom stereocenters. The summed E-state index contributed by atoms with van der Waals surface area (Å²) in [6.45, 7) is 9.67. The van der Waals surface area contributed by atoms with Crippen molar-refractivity contribution in [2.45, 2.75) is 34.6 Å². The molecule has 3 heterocycles. The van der Waals surface area contributed by atoms with E-state index in [4.69, 9.17) is 4.74 Å². The van der Waals surface area contributed by atoms with Gasteiger partial charge in [0.25, 0.3) is 0 Å². The molecule has 0 fully saturated rings. The average Bonchev–Trinajstić information content (AvgIpc) is 3.03. The largest absolute Gasteiger partial charge is 0.454 e. The minimum Gasteiger partial charge on any atom is -0.454 e. The highest BCUT2D eigenvalue weighted by Crippen LogP contribution is 2.31. The van der Waals surface area contributed by atoms with Crippen LogP contribution in [0, 0.1) is 12.7 Å². The van der Waals surface area contributed by atoms with Gasteiger partial charge in [0.1, 0.15) is 17.3 Å². The Hall–Kier alpha value is -4.89. The summed E-state index contributed by atoms with van der Waals surface area (Å²) in [5.41, 5.74) is 7.32. The number of nitrogens with zero attached hydrogens (tertiary/aromatic N) is 2. The number of benzene rings is 2. The summed E-state index contributed by atoms with van der Waals surface area (Å²) >= 11 is 0. The number of carbonyl (C=O) groups excluding carboxylic acids is 1. The van der Waals surface area contributed by atoms with Crippen LogP contribution in [0.1, 0.15) is 43.7 Å². The number of rotatable bonds is 6. The maximum absolute atomic E-state index is 14.9. The third-order valence-corrected chi connectivity index (χ3v) is 5.60. The molecule has 41 heavy (non-hydrogen) atoms. The van der Waals surface area contributed by atoms with Gasteiger partial charge in [-0.25, -0.2) is 9.37 Å². The van der Waals surface area contributed by atoms with Crippen LogP contribution < -0.4 is 21.2 Å². The van der Waals surface area contributed by atoms with E-state index in [0.717, 1.165) is 5.56 Å². The highest BCUT2D eigenvalue weighted by Gasteiger charge is 2.14. The second kappa shape index (κ2) is 16.3. The Labute approximate surface area is 239 Å². The molecule has 0 saturated carbocycles. The van der Waals surface area contributed by atoms with Gasteiger partial charge < -0.3 is 20.8 Å². The molecule has 4 N–H and O–H groups in total. The molecule has 0 aliphatic carbocycles. The fourth-order valence-corrected chi connectivity index (χ4v) is 3.77. The van der Waals surface area contributed by atoms with E-state index in [9.17, 15) is 14.0 Å². The Morgan fingerprint density at radius 2 is 1.61 bits per heavy atom. The van der Waals surface area contributed by atoms with Crippen molar-refractivity contribution in [3.63, 3.8) is 0 Å². The third-order valence-electron chi connectivity index (χ3n) is 5.60. The van der Waals surface area contributed by atoms with E-state index in [-0.39, 0.29) is 16.9 Å². The molecule has 0 radical (unpaired) electrons. The molecule has 5 aromatic rings. The van der Waals surface area contributed by atoms with Gasteiger partial charge >= 0.3 is 0 Å². The predicted molar refractivity (Wildman–Crippen MR) is 165 cm³/mol. The molecule has 0 spiro atoms. The van der Waals surface area contributed by atoms with Gasteiger partial charge in [-0.05, 0) is 43.8 Å². The average molecular weight is 558 g/mol. The van der Waals surface area contributed by atoms with Gasteiger partial charge in [-0.15, -0.1) is 0 Å². The van der Waals surface area contributed by atoms with Gasteiger partial charge in [0.05, 0.1) is 10.9 Å². The SMILES string of the molecule is CC.CC.CN.Cc1c(Oc2ccc(Nc3nccc4[nH]cc(-c5ccccc5)c(=O)c34)cc2F)ccnc1C=O. The maximum Gasteiger partial charge on any atom is 0.200 e. The zero-order valence-electron chi connectivity index (χ0n) is 24.2. The van der Waals surface area contributed by atoms with E-state index >= 15 is 0 Å². The van der Waals surface area contributed by atoms with Crippen molar-refractivity contribution in [3.05, 3.63) is 107 Å². The van der Waals surface area contributed by atoms with E-state index in [1.165, 1.54) is 25.4 Å². The number of H-pyrrole nitrogens is 1. The number of carbonyl (C=O) groups is 1. The van der Waals surface area contributed by atoms with E-state index in [1.54, 1.807) is 37.5 Å². The third kappa shape index (κ3) is 7.61. The highest BCUT2D eigenvalue weighted by atomic mass is 19.1. The minimum absolute atomic E-state index is 0.0169. The van der Waals surface area contributed by atoms with E-state index in [0.29, 0.717) is 45.6 Å². The molecular weight excluding hydrogens is 521 g/mol. The van der Waals surface area contributed by atoms with Crippen LogP contribution in [0.4, 0.5) is 15.9 Å². The van der Waals surface area contributed by atoms with Crippen LogP contribution in [-0.4, -0.2) is 28.3 Å². The smallest absolute Gasteiger partial charge is 0.200 e. The number of hydrogen-bond acceptors (Lipinski definition) is 7. The molecule has 9 heteroatoms. The number of pyridine rings is 3. The van der Waals surface area contributed by atoms with E-state index in [2.05, 4.69) is 26.0 Å². The van der Waals surface area contributed by atoms with Gasteiger partial charge in [-0.2, -0.15) is 0 Å². The van der Waals surface area contributed by atoms with Crippen LogP contribution in [0.25, 0.3) is 22.0 Å². The van der Waals surface area contributed by atoms with Gasteiger partial charge in [0.2, 0.25) is 5.43 Å². The second-order valence-corrected chi connectivity index (χ2v) is 7.79. The summed E-state index contributed by atoms with van der Waals surface area (Å²) < 4.78 is 20.6. The minimum atomic E-state index is -0.627. The topological polar surface area (TPSA) is 123 Å². The normalized spacial score (nSPS) is 9.66. The predicted octanol–water partition coefficient (Wildman–Crippen LogP) is 7.41. The zero-order valence-corrected chi connectivity index (χ0v) is 24.2. The molecule has 2 aromatic carbocycles. The van der Waals surface area contributed by atoms with Crippen LogP contribution in [-0.2, 0) is 0 Å². The number of fused-ring (bicyclic) bond motifs is 1. The van der Waals surface area contributed by atoms with Crippen molar-refractivity contribution < 1.29 is 13.9 Å². The number of nitrogens with one attached hydrogen (secondary N) is 2. The van der Waals surface area contributed by atoms with Crippen LogP contribution in [0.2, 0.25) is 0 Å². The Balaban J connectivity index is 0.000000921. The first-order chi connectivity index (χ1) is 20.0. The monoisotopic (exact) mass is 557 g/mol. The van der Waals surface area contributed by atoms with Gasteiger partial charge in [0, 0.05) is 41.5 Å². The Kier molecular flexibility index (Phi) is 12.8. The summed E-state index contributed by atoms with van der Waals surface area (Å²) in [5, 5.41) is 3.41. The Morgan fingerprint density at radius 1 is 0.927 bits per heavy atom. The van der Waals surface area contributed by atoms with Crippen LogP contribution in [0.5, 0.6) is 11.5 Å². The second-order valence-electron chi connectivity index (χ2n) is 7.79. The summed E-state index contributed by atoms with van der Waals surface area (Å²) in [6, 6.07) is 16.9. The summed E-state index contributed by atoms with van der Waals surface area (Å²) in [4.78, 5) is 35.8. The lowest BCUT2D eigenvalue weighted by molar-refractivity contribution is 0.111. The van der Waals surface area contributed by atoms with Gasteiger partial charge in [0.15, 0.2) is 17.9 Å². The first-order valence-corrected chi connectivity index (χ1v) is 13.3. The number of ether oxygens (including phenoxy) is 1. The summed E-state index contributed by atoms with van der Waals surface area (Å²) in [7, 11) is 1.50. The lowest BCUT2D eigenvalue weighted by Gasteiger charge is -2.13. The molecular formula is C32H36FN5O3. The number of halogens is 1. The van der Waals surface area contributed by atoms with Crippen molar-refractivity contribution in [2.24, 2.45) is 5.73 Å². The first kappa shape index (κ1) is 32.3. The number of aldehydes is 1. The number of hydrogen-bond donors (Lipinski definition) is 3. The Morgan fingerprint density at radius 3 is 2.27 bits per heavy atom. The van der Waals surface area contributed by atoms with Crippen molar-refractivity contribution in [1.82, 2.24) is 15.0 Å². The molecule has 0 bridgehead atoms. The quantitative estimate of drug-likeness (QED) is 0.186. The Bertz CT molecular complexity index is 1620. The van der Waals surface area contributed by atoms with Gasteiger partial charge in [-0.3, -0.25) is 14.6 Å². The molecule has 0 aliphatic heterocycles. The molecule has 0 saturated heterocycles. The van der Waals surface area contributed by atoms with E-state index < -0.39 is 5.82 Å². The van der Waals surface area contributed by atoms with Crippen molar-refractivity contribution in [2.75, 3.05) is 12.4 Å². The number of anilines is 2. The summed E-state index contributed by atoms with van der Waals surface area (Å²) in [5.74, 6) is -0.0117. The molecule has 5 rings (SSSR count). The standard InChI is InChI=1S/C27H19FN4O3.2C2H6.CH5N/c1-16-22(15-33)29-12-10-23(16)35-24-8-7-18(13-20(24)28)32-27-25-21(9-11-30-27)31-14-19(26(25)34)17-5-3-2-4-6-17;3*1-2/h2-15H,1H3,(H,30,32)(H,31,34);2*1-2H3;2H2,1H3. The molecule has 3 aromatic heterocycles. The molecule has 8 nitrogen and oxygen atoms in total. The molecule has 0 aliphatic rings. The van der Waals surface area contributed by atoms with Crippen LogP contribution >= 0.6 is 0 Å². The van der Waals surface area contributed by atoms with Crippen molar-refractivity contribution >= 4 is 28.7 Å². The van der Waals surface area contributed by atoms with Crippen molar-refractivity contribution in [3.8, 4) is 22.6 Å². The highest BCUT2D eigenvalue weighted by molar-refractivity contribution is 5.93. The van der Waals surface area contributed by atoms with Crippen LogP contribution in [0.15, 0.2) is 84.0 Å². The zero-order chi connectivity index (χ0) is 30.4. The summed E-state index contributed by atoms with van der Waals surface area (Å²) in [6.07, 6.45) is 5.28. The maximum atomic E-state index is 14.9. The van der Waals surface area contributed by atoms with E-state index in [1.807, 2.05) is 58.0 Å². The fourth-order valence-electron chi connectivity index (χ4n) is 3.77. The lowest BCUT2D eigenvalue weighted by atomic mass is 10.1. The lowest BCUT2D eigenvalue weighted by Crippen LogP contribution is -2.10. The van der Waals surface area contributed by atoms with Gasteiger partial charge in [-0.1, -0.05) is 58.0 Å². The van der Waals surface area contributed by atoms with Crippen LogP contribution in [0.3, 0.4) is 0 Å².